The highest BCUT2D eigenvalue weighted by Crippen LogP contribution is 2.28. The second kappa shape index (κ2) is 13.7. The Bertz CT molecular complexity index is 1470. The fraction of sp³-hybridized carbons (Fsp3) is 0.375. The van der Waals surface area contributed by atoms with Gasteiger partial charge in [-0.25, -0.2) is 8.42 Å². The topological polar surface area (TPSA) is 86.8 Å². The minimum absolute atomic E-state index is 0.0897. The molecule has 0 aliphatic heterocycles. The second-order valence-electron chi connectivity index (χ2n) is 10.8. The average molecular weight is 641 g/mol. The van der Waals surface area contributed by atoms with Gasteiger partial charge in [0.1, 0.15) is 12.6 Å². The molecular formula is C32H38BrN3O4S. The monoisotopic (exact) mass is 639 g/mol. The van der Waals surface area contributed by atoms with Gasteiger partial charge in [-0.05, 0) is 75.1 Å². The summed E-state index contributed by atoms with van der Waals surface area (Å²) in [5.74, 6) is -0.695. The van der Waals surface area contributed by atoms with Crippen LogP contribution in [0.25, 0.3) is 0 Å². The van der Waals surface area contributed by atoms with Crippen LogP contribution < -0.4 is 9.62 Å². The molecule has 0 spiro atoms. The zero-order chi connectivity index (χ0) is 29.6. The number of nitrogens with zero attached hydrogens (tertiary/aromatic N) is 2. The molecular weight excluding hydrogens is 602 g/mol. The first-order chi connectivity index (χ1) is 19.6. The van der Waals surface area contributed by atoms with Gasteiger partial charge in [-0.15, -0.1) is 0 Å². The standard InChI is InChI=1S/C32H38BrN3O4S/c1-23-16-18-29(19-17-23)41(39,40)36(30-15-8-7-10-24(30)2)22-31(37)35(21-26-11-9-12-27(33)20-26)25(3)32(38)34-28-13-5-4-6-14-28/h7-12,15-20,25,28H,4-6,13-14,21-22H2,1-3H3,(H,34,38)/t25-/m0/s1. The Hall–Kier alpha value is -3.17. The summed E-state index contributed by atoms with van der Waals surface area (Å²) in [5, 5.41) is 3.13. The molecule has 3 aromatic rings. The van der Waals surface area contributed by atoms with Crippen LogP contribution in [0.15, 0.2) is 82.2 Å². The lowest BCUT2D eigenvalue weighted by molar-refractivity contribution is -0.139. The van der Waals surface area contributed by atoms with Crippen LogP contribution in [0.4, 0.5) is 5.69 Å². The Morgan fingerprint density at radius 3 is 2.29 bits per heavy atom. The van der Waals surface area contributed by atoms with Gasteiger partial charge in [0.25, 0.3) is 10.0 Å². The quantitative estimate of drug-likeness (QED) is 0.289. The van der Waals surface area contributed by atoms with Gasteiger partial charge in [-0.1, -0.05) is 83.2 Å². The number of hydrogen-bond donors (Lipinski definition) is 1. The summed E-state index contributed by atoms with van der Waals surface area (Å²) < 4.78 is 30.0. The molecule has 4 rings (SSSR count). The fourth-order valence-corrected chi connectivity index (χ4v) is 7.10. The lowest BCUT2D eigenvalue weighted by Crippen LogP contribution is -2.53. The van der Waals surface area contributed by atoms with E-state index in [4.69, 9.17) is 0 Å². The van der Waals surface area contributed by atoms with E-state index in [9.17, 15) is 18.0 Å². The Morgan fingerprint density at radius 2 is 1.63 bits per heavy atom. The number of carbonyl (C=O) groups is 2. The first-order valence-corrected chi connectivity index (χ1v) is 16.3. The Kier molecular flexibility index (Phi) is 10.3. The summed E-state index contributed by atoms with van der Waals surface area (Å²) >= 11 is 3.49. The predicted octanol–water partition coefficient (Wildman–Crippen LogP) is 6.13. The van der Waals surface area contributed by atoms with Crippen LogP contribution in [-0.4, -0.2) is 43.8 Å². The van der Waals surface area contributed by atoms with Crippen LogP contribution in [-0.2, 0) is 26.2 Å². The number of benzene rings is 3. The van der Waals surface area contributed by atoms with Gasteiger partial charge in [-0.2, -0.15) is 0 Å². The lowest BCUT2D eigenvalue weighted by atomic mass is 9.95. The molecule has 41 heavy (non-hydrogen) atoms. The number of aryl methyl sites for hydroxylation is 2. The van der Waals surface area contributed by atoms with E-state index in [2.05, 4.69) is 21.2 Å². The van der Waals surface area contributed by atoms with Gasteiger partial charge in [0, 0.05) is 17.1 Å². The summed E-state index contributed by atoms with van der Waals surface area (Å²) in [6.45, 7) is 5.12. The molecule has 0 heterocycles. The molecule has 1 aliphatic rings. The van der Waals surface area contributed by atoms with E-state index < -0.39 is 28.5 Å². The number of carbonyl (C=O) groups excluding carboxylic acids is 2. The maximum Gasteiger partial charge on any atom is 0.264 e. The predicted molar refractivity (Wildman–Crippen MR) is 166 cm³/mol. The van der Waals surface area contributed by atoms with Crippen molar-refractivity contribution in [3.63, 3.8) is 0 Å². The highest BCUT2D eigenvalue weighted by molar-refractivity contribution is 9.10. The molecule has 1 fully saturated rings. The van der Waals surface area contributed by atoms with E-state index in [0.29, 0.717) is 5.69 Å². The van der Waals surface area contributed by atoms with Crippen LogP contribution in [0.5, 0.6) is 0 Å². The Balaban J connectivity index is 1.68. The van der Waals surface area contributed by atoms with E-state index >= 15 is 0 Å². The summed E-state index contributed by atoms with van der Waals surface area (Å²) in [6, 6.07) is 20.5. The molecule has 0 unspecified atom stereocenters. The van der Waals surface area contributed by atoms with Crippen molar-refractivity contribution >= 4 is 43.5 Å². The highest BCUT2D eigenvalue weighted by atomic mass is 79.9. The highest BCUT2D eigenvalue weighted by Gasteiger charge is 2.33. The Labute approximate surface area is 252 Å². The van der Waals surface area contributed by atoms with E-state index in [1.54, 1.807) is 43.3 Å². The summed E-state index contributed by atoms with van der Waals surface area (Å²) in [7, 11) is -4.09. The molecule has 0 saturated heterocycles. The largest absolute Gasteiger partial charge is 0.352 e. The van der Waals surface area contributed by atoms with Gasteiger partial charge in [-0.3, -0.25) is 13.9 Å². The molecule has 2 amide bonds. The SMILES string of the molecule is Cc1ccc(S(=O)(=O)N(CC(=O)N(Cc2cccc(Br)c2)[C@@H](C)C(=O)NC2CCCCC2)c2ccccc2C)cc1. The summed E-state index contributed by atoms with van der Waals surface area (Å²) in [6.07, 6.45) is 5.16. The number of rotatable bonds is 10. The minimum atomic E-state index is -4.09. The van der Waals surface area contributed by atoms with E-state index in [-0.39, 0.29) is 23.4 Å². The smallest absolute Gasteiger partial charge is 0.264 e. The van der Waals surface area contributed by atoms with Gasteiger partial charge in [0.05, 0.1) is 10.6 Å². The maximum absolute atomic E-state index is 14.1. The fourth-order valence-electron chi connectivity index (χ4n) is 5.18. The number of sulfonamides is 1. The second-order valence-corrected chi connectivity index (χ2v) is 13.6. The first-order valence-electron chi connectivity index (χ1n) is 14.1. The van der Waals surface area contributed by atoms with E-state index in [0.717, 1.165) is 51.2 Å². The van der Waals surface area contributed by atoms with Gasteiger partial charge >= 0.3 is 0 Å². The summed E-state index contributed by atoms with van der Waals surface area (Å²) in [4.78, 5) is 29.1. The van der Waals surface area contributed by atoms with Crippen molar-refractivity contribution < 1.29 is 18.0 Å². The van der Waals surface area contributed by atoms with Gasteiger partial charge in [0.15, 0.2) is 0 Å². The van der Waals surface area contributed by atoms with Gasteiger partial charge in [0.2, 0.25) is 11.8 Å². The first kappa shape index (κ1) is 30.8. The molecule has 1 aliphatic carbocycles. The number of amides is 2. The molecule has 1 saturated carbocycles. The molecule has 0 radical (unpaired) electrons. The van der Waals surface area contributed by atoms with Crippen molar-refractivity contribution in [1.29, 1.82) is 0 Å². The summed E-state index contributed by atoms with van der Waals surface area (Å²) in [5.41, 5.74) is 2.90. The van der Waals surface area contributed by atoms with Crippen LogP contribution in [0.3, 0.4) is 0 Å². The number of nitrogens with one attached hydrogen (secondary N) is 1. The molecule has 9 heteroatoms. The van der Waals surface area contributed by atoms with Crippen molar-refractivity contribution in [1.82, 2.24) is 10.2 Å². The normalized spacial score (nSPS) is 14.7. The molecule has 7 nitrogen and oxygen atoms in total. The van der Waals surface area contributed by atoms with Crippen molar-refractivity contribution in [2.24, 2.45) is 0 Å². The molecule has 1 atom stereocenters. The zero-order valence-electron chi connectivity index (χ0n) is 23.8. The van der Waals surface area contributed by atoms with E-state index in [1.807, 2.05) is 50.2 Å². The van der Waals surface area contributed by atoms with Crippen molar-refractivity contribution in [2.75, 3.05) is 10.8 Å². The average Bonchev–Trinajstić information content (AvgIpc) is 2.95. The van der Waals surface area contributed by atoms with Crippen molar-refractivity contribution in [3.05, 3.63) is 94.0 Å². The molecule has 1 N–H and O–H groups in total. The van der Waals surface area contributed by atoms with Crippen LogP contribution >= 0.6 is 15.9 Å². The maximum atomic E-state index is 14.1. The minimum Gasteiger partial charge on any atom is -0.352 e. The van der Waals surface area contributed by atoms with Crippen LogP contribution in [0, 0.1) is 13.8 Å². The molecule has 0 bridgehead atoms. The Morgan fingerprint density at radius 1 is 0.951 bits per heavy atom. The lowest BCUT2D eigenvalue weighted by Gasteiger charge is -2.33. The van der Waals surface area contributed by atoms with Gasteiger partial charge < -0.3 is 10.2 Å². The molecule has 3 aromatic carbocycles. The number of para-hydroxylation sites is 1. The van der Waals surface area contributed by atoms with Crippen molar-refractivity contribution in [2.45, 2.75) is 76.4 Å². The third-order valence-corrected chi connectivity index (χ3v) is 9.90. The van der Waals surface area contributed by atoms with E-state index in [1.165, 1.54) is 11.3 Å². The molecule has 0 aromatic heterocycles. The number of hydrogen-bond acceptors (Lipinski definition) is 4. The van der Waals surface area contributed by atoms with Crippen LogP contribution in [0.1, 0.15) is 55.7 Å². The third kappa shape index (κ3) is 7.77. The zero-order valence-corrected chi connectivity index (χ0v) is 26.2. The number of anilines is 1. The van der Waals surface area contributed by atoms with Crippen molar-refractivity contribution in [3.8, 4) is 0 Å². The molecule has 218 valence electrons. The number of halogens is 1. The third-order valence-electron chi connectivity index (χ3n) is 7.63. The van der Waals surface area contributed by atoms with Crippen LogP contribution in [0.2, 0.25) is 0 Å².